The van der Waals surface area contributed by atoms with E-state index in [9.17, 15) is 9.59 Å². The van der Waals surface area contributed by atoms with Crippen LogP contribution in [0, 0.1) is 13.8 Å². The number of anilines is 1. The van der Waals surface area contributed by atoms with E-state index in [0.717, 1.165) is 31.4 Å². The summed E-state index contributed by atoms with van der Waals surface area (Å²) in [5.41, 5.74) is 0.884. The highest BCUT2D eigenvalue weighted by Gasteiger charge is 2.26. The average Bonchev–Trinajstić information content (AvgIpc) is 3.36. The lowest BCUT2D eigenvalue weighted by Crippen LogP contribution is -2.23. The van der Waals surface area contributed by atoms with E-state index >= 15 is 0 Å². The van der Waals surface area contributed by atoms with Crippen LogP contribution in [0.4, 0.5) is 5.82 Å². The number of aryl methyl sites for hydroxylation is 2. The molecule has 3 aromatic heterocycles. The molecule has 28 heavy (non-hydrogen) atoms. The Morgan fingerprint density at radius 3 is 2.86 bits per heavy atom. The second-order valence-corrected chi connectivity index (χ2v) is 7.21. The van der Waals surface area contributed by atoms with E-state index < -0.39 is 5.91 Å². The fourth-order valence-electron chi connectivity index (χ4n) is 3.90. The number of amides is 1. The van der Waals surface area contributed by atoms with Crippen molar-refractivity contribution in [1.82, 2.24) is 19.3 Å². The molecule has 1 aliphatic rings. The molecule has 0 bridgehead atoms. The molecular formula is C20H23N5O3. The van der Waals surface area contributed by atoms with Gasteiger partial charge in [-0.15, -0.1) is 6.58 Å². The van der Waals surface area contributed by atoms with Crippen LogP contribution in [0.15, 0.2) is 34.3 Å². The molecule has 1 amide bonds. The Kier molecular flexibility index (Phi) is 4.62. The SMILES string of the molecule is C=CCn1cnc2oc(C)c(C(=O)Nc3cc(C)nn3C3CCCC3)c2c1=O. The Morgan fingerprint density at radius 2 is 2.14 bits per heavy atom. The summed E-state index contributed by atoms with van der Waals surface area (Å²) in [4.78, 5) is 30.1. The molecule has 0 atom stereocenters. The Labute approximate surface area is 161 Å². The maximum Gasteiger partial charge on any atom is 0.265 e. The van der Waals surface area contributed by atoms with Gasteiger partial charge in [-0.25, -0.2) is 9.67 Å². The minimum Gasteiger partial charge on any atom is -0.442 e. The number of aromatic nitrogens is 4. The zero-order valence-corrected chi connectivity index (χ0v) is 16.1. The number of rotatable bonds is 5. The van der Waals surface area contributed by atoms with E-state index in [1.165, 1.54) is 10.9 Å². The van der Waals surface area contributed by atoms with Gasteiger partial charge in [0.15, 0.2) is 0 Å². The minimum absolute atomic E-state index is 0.161. The molecule has 3 heterocycles. The summed E-state index contributed by atoms with van der Waals surface area (Å²) >= 11 is 0. The zero-order valence-electron chi connectivity index (χ0n) is 16.1. The van der Waals surface area contributed by atoms with Crippen LogP contribution < -0.4 is 10.9 Å². The number of hydrogen-bond acceptors (Lipinski definition) is 5. The third kappa shape index (κ3) is 3.04. The van der Waals surface area contributed by atoms with Crippen LogP contribution in [-0.2, 0) is 6.54 Å². The molecule has 0 radical (unpaired) electrons. The molecule has 0 aromatic carbocycles. The van der Waals surface area contributed by atoms with Crippen LogP contribution in [0.2, 0.25) is 0 Å². The number of allylic oxidation sites excluding steroid dienone is 1. The summed E-state index contributed by atoms with van der Waals surface area (Å²) in [7, 11) is 0. The van der Waals surface area contributed by atoms with E-state index in [-0.39, 0.29) is 28.3 Å². The fraction of sp³-hybridized carbons (Fsp3) is 0.400. The lowest BCUT2D eigenvalue weighted by atomic mass is 10.1. The van der Waals surface area contributed by atoms with Crippen LogP contribution >= 0.6 is 0 Å². The van der Waals surface area contributed by atoms with E-state index in [0.29, 0.717) is 18.1 Å². The molecule has 8 nitrogen and oxygen atoms in total. The van der Waals surface area contributed by atoms with Gasteiger partial charge in [0.25, 0.3) is 11.5 Å². The van der Waals surface area contributed by atoms with Crippen molar-refractivity contribution in [1.29, 1.82) is 0 Å². The van der Waals surface area contributed by atoms with Crippen molar-refractivity contribution >= 4 is 22.8 Å². The maximum atomic E-state index is 13.1. The summed E-state index contributed by atoms with van der Waals surface area (Å²) in [5, 5.41) is 7.67. The van der Waals surface area contributed by atoms with Gasteiger partial charge in [-0.2, -0.15) is 5.10 Å². The van der Waals surface area contributed by atoms with Crippen LogP contribution in [-0.4, -0.2) is 25.2 Å². The number of nitrogens with zero attached hydrogens (tertiary/aromatic N) is 4. The summed E-state index contributed by atoms with van der Waals surface area (Å²) in [6.45, 7) is 7.51. The number of furan rings is 1. The van der Waals surface area contributed by atoms with Gasteiger partial charge in [0.1, 0.15) is 23.3 Å². The van der Waals surface area contributed by atoms with Gasteiger partial charge in [0, 0.05) is 12.6 Å². The standard InChI is InChI=1S/C20H23N5O3/c1-4-9-24-11-21-19-17(20(24)27)16(13(3)28-19)18(26)22-15-10-12(2)23-25(15)14-7-5-6-8-14/h4,10-11,14H,1,5-9H2,2-3H3,(H,22,26). The first kappa shape index (κ1) is 18.2. The zero-order chi connectivity index (χ0) is 19.8. The predicted octanol–water partition coefficient (Wildman–Crippen LogP) is 3.36. The van der Waals surface area contributed by atoms with Crippen molar-refractivity contribution in [3.8, 4) is 0 Å². The first-order chi connectivity index (χ1) is 13.5. The molecule has 3 aromatic rings. The second-order valence-electron chi connectivity index (χ2n) is 7.21. The van der Waals surface area contributed by atoms with Gasteiger partial charge < -0.3 is 9.73 Å². The normalized spacial score (nSPS) is 14.6. The molecule has 1 aliphatic carbocycles. The molecule has 1 saturated carbocycles. The Morgan fingerprint density at radius 1 is 1.39 bits per heavy atom. The van der Waals surface area contributed by atoms with Crippen LogP contribution in [0.25, 0.3) is 11.1 Å². The number of nitrogens with one attached hydrogen (secondary N) is 1. The van der Waals surface area contributed by atoms with Gasteiger partial charge in [-0.05, 0) is 26.7 Å². The highest BCUT2D eigenvalue weighted by molar-refractivity contribution is 6.12. The van der Waals surface area contributed by atoms with Gasteiger partial charge in [-0.1, -0.05) is 18.9 Å². The van der Waals surface area contributed by atoms with Crippen LogP contribution in [0.3, 0.4) is 0 Å². The third-order valence-electron chi connectivity index (χ3n) is 5.18. The predicted molar refractivity (Wildman–Crippen MR) is 106 cm³/mol. The molecule has 1 fully saturated rings. The number of carbonyl (C=O) groups is 1. The minimum atomic E-state index is -0.398. The van der Waals surface area contributed by atoms with Crippen molar-refractivity contribution in [3.05, 3.63) is 52.4 Å². The van der Waals surface area contributed by atoms with Crippen molar-refractivity contribution in [2.45, 2.75) is 52.1 Å². The van der Waals surface area contributed by atoms with Crippen molar-refractivity contribution in [3.63, 3.8) is 0 Å². The monoisotopic (exact) mass is 381 g/mol. The van der Waals surface area contributed by atoms with Crippen molar-refractivity contribution in [2.75, 3.05) is 5.32 Å². The molecule has 0 aliphatic heterocycles. The summed E-state index contributed by atoms with van der Waals surface area (Å²) < 4.78 is 8.87. The molecular weight excluding hydrogens is 358 g/mol. The molecule has 146 valence electrons. The van der Waals surface area contributed by atoms with E-state index in [1.807, 2.05) is 17.7 Å². The molecule has 0 spiro atoms. The fourth-order valence-corrected chi connectivity index (χ4v) is 3.90. The molecule has 4 rings (SSSR count). The molecule has 0 saturated heterocycles. The molecule has 1 N–H and O–H groups in total. The maximum absolute atomic E-state index is 13.1. The lowest BCUT2D eigenvalue weighted by molar-refractivity contribution is 0.102. The van der Waals surface area contributed by atoms with Gasteiger partial charge in [-0.3, -0.25) is 14.2 Å². The topological polar surface area (TPSA) is 94.9 Å². The van der Waals surface area contributed by atoms with E-state index in [4.69, 9.17) is 4.42 Å². The van der Waals surface area contributed by atoms with Crippen molar-refractivity contribution in [2.24, 2.45) is 0 Å². The number of hydrogen-bond donors (Lipinski definition) is 1. The molecule has 0 unspecified atom stereocenters. The Balaban J connectivity index is 1.74. The highest BCUT2D eigenvalue weighted by atomic mass is 16.3. The Bertz CT molecular complexity index is 1120. The van der Waals surface area contributed by atoms with E-state index in [1.54, 1.807) is 13.0 Å². The lowest BCUT2D eigenvalue weighted by Gasteiger charge is -2.14. The highest BCUT2D eigenvalue weighted by Crippen LogP contribution is 2.32. The van der Waals surface area contributed by atoms with E-state index in [2.05, 4.69) is 22.0 Å². The number of carbonyl (C=O) groups excluding carboxylic acids is 1. The third-order valence-corrected chi connectivity index (χ3v) is 5.18. The Hall–Kier alpha value is -3.16. The van der Waals surface area contributed by atoms with Crippen LogP contribution in [0.1, 0.15) is 53.5 Å². The molecule has 8 heteroatoms. The smallest absolute Gasteiger partial charge is 0.265 e. The van der Waals surface area contributed by atoms with Gasteiger partial charge in [0.2, 0.25) is 5.71 Å². The summed E-state index contributed by atoms with van der Waals surface area (Å²) in [5.74, 6) is 0.598. The first-order valence-electron chi connectivity index (χ1n) is 9.46. The van der Waals surface area contributed by atoms with Crippen LogP contribution in [0.5, 0.6) is 0 Å². The summed E-state index contributed by atoms with van der Waals surface area (Å²) in [6.07, 6.45) is 7.43. The average molecular weight is 381 g/mol. The van der Waals surface area contributed by atoms with Gasteiger partial charge >= 0.3 is 0 Å². The first-order valence-corrected chi connectivity index (χ1v) is 9.46. The van der Waals surface area contributed by atoms with Crippen molar-refractivity contribution < 1.29 is 9.21 Å². The summed E-state index contributed by atoms with van der Waals surface area (Å²) in [6, 6.07) is 2.14. The quantitative estimate of drug-likeness (QED) is 0.684. The second kappa shape index (κ2) is 7.10. The van der Waals surface area contributed by atoms with Gasteiger partial charge in [0.05, 0.1) is 17.3 Å². The largest absolute Gasteiger partial charge is 0.442 e. The number of fused-ring (bicyclic) bond motifs is 1.